The van der Waals surface area contributed by atoms with Crippen LogP contribution in [0.2, 0.25) is 0 Å². The van der Waals surface area contributed by atoms with E-state index in [-0.39, 0.29) is 24.1 Å². The molecule has 0 N–H and O–H groups in total. The summed E-state index contributed by atoms with van der Waals surface area (Å²) in [4.78, 5) is 2.63. The fraction of sp³-hybridized carbons (Fsp3) is 0.455. The lowest BCUT2D eigenvalue weighted by Gasteiger charge is -2.13. The Hall–Kier alpha value is -1.78. The van der Waals surface area contributed by atoms with Crippen LogP contribution < -0.4 is 4.74 Å². The maximum Gasteiger partial charge on any atom is 0.165 e. The number of ether oxygens (including phenoxy) is 2. The van der Waals surface area contributed by atoms with Gasteiger partial charge < -0.3 is 9.47 Å². The molecule has 1 unspecified atom stereocenters. The predicted molar refractivity (Wildman–Crippen MR) is 59.7 cm³/mol. The summed E-state index contributed by atoms with van der Waals surface area (Å²) in [5.74, 6) is -0.548. The van der Waals surface area contributed by atoms with Crippen molar-refractivity contribution in [3.05, 3.63) is 34.5 Å². The van der Waals surface area contributed by atoms with Crippen molar-refractivity contribution >= 4 is 5.69 Å². The summed E-state index contributed by atoms with van der Waals surface area (Å²) >= 11 is 0. The van der Waals surface area contributed by atoms with Crippen molar-refractivity contribution in [3.8, 4) is 5.75 Å². The number of benzene rings is 1. The molecule has 1 aliphatic rings. The van der Waals surface area contributed by atoms with Crippen LogP contribution in [0.4, 0.5) is 10.1 Å². The summed E-state index contributed by atoms with van der Waals surface area (Å²) < 4.78 is 24.2. The first-order valence-corrected chi connectivity index (χ1v) is 5.39. The third-order valence-corrected chi connectivity index (χ3v) is 2.54. The third kappa shape index (κ3) is 2.87. The molecule has 90 valence electrons. The van der Waals surface area contributed by atoms with E-state index in [0.717, 1.165) is 12.8 Å². The van der Waals surface area contributed by atoms with E-state index in [9.17, 15) is 4.39 Å². The van der Waals surface area contributed by atoms with Gasteiger partial charge in [-0.3, -0.25) is 0 Å². The number of halogens is 1. The van der Waals surface area contributed by atoms with Crippen LogP contribution in [0.15, 0.2) is 23.3 Å². The Morgan fingerprint density at radius 3 is 3.18 bits per heavy atom. The van der Waals surface area contributed by atoms with E-state index in [4.69, 9.17) is 15.0 Å². The minimum Gasteiger partial charge on any atom is -0.487 e. The molecule has 0 aliphatic carbocycles. The van der Waals surface area contributed by atoms with Crippen LogP contribution in [-0.4, -0.2) is 19.3 Å². The average molecular weight is 237 g/mol. The van der Waals surface area contributed by atoms with Crippen LogP contribution in [0.5, 0.6) is 5.75 Å². The molecule has 0 bridgehead atoms. The Balaban J connectivity index is 2.10. The van der Waals surface area contributed by atoms with E-state index in [1.165, 1.54) is 18.2 Å². The van der Waals surface area contributed by atoms with E-state index in [1.54, 1.807) is 0 Å². The molecular weight excluding hydrogens is 225 g/mol. The highest BCUT2D eigenvalue weighted by Crippen LogP contribution is 2.31. The second-order valence-electron chi connectivity index (χ2n) is 3.72. The topological polar surface area (TPSA) is 67.2 Å². The molecule has 1 aliphatic heterocycles. The van der Waals surface area contributed by atoms with E-state index in [2.05, 4.69) is 10.0 Å². The Labute approximate surface area is 97.8 Å². The molecule has 0 amide bonds. The maximum absolute atomic E-state index is 13.5. The van der Waals surface area contributed by atoms with Gasteiger partial charge >= 0.3 is 0 Å². The van der Waals surface area contributed by atoms with Gasteiger partial charge in [-0.25, -0.2) is 4.39 Å². The first-order chi connectivity index (χ1) is 8.31. The predicted octanol–water partition coefficient (Wildman–Crippen LogP) is 3.33. The monoisotopic (exact) mass is 237 g/mol. The largest absolute Gasteiger partial charge is 0.487 e. The van der Waals surface area contributed by atoms with Crippen molar-refractivity contribution in [2.45, 2.75) is 18.9 Å². The number of hydrogen-bond donors (Lipinski definition) is 0. The van der Waals surface area contributed by atoms with Gasteiger partial charge in [0, 0.05) is 11.5 Å². The van der Waals surface area contributed by atoms with Gasteiger partial charge in [-0.2, -0.15) is 0 Å². The Kier molecular flexibility index (Phi) is 3.80. The van der Waals surface area contributed by atoms with E-state index in [1.807, 2.05) is 0 Å². The van der Waals surface area contributed by atoms with Crippen molar-refractivity contribution in [2.75, 3.05) is 13.2 Å². The fourth-order valence-electron chi connectivity index (χ4n) is 1.72. The first kappa shape index (κ1) is 11.7. The number of nitrogens with zero attached hydrogens (tertiary/aromatic N) is 3. The molecule has 1 saturated heterocycles. The van der Waals surface area contributed by atoms with Crippen molar-refractivity contribution in [2.24, 2.45) is 5.11 Å². The molecule has 1 aromatic carbocycles. The lowest BCUT2D eigenvalue weighted by Crippen LogP contribution is -2.16. The molecule has 0 saturated carbocycles. The average Bonchev–Trinajstić information content (AvgIpc) is 2.82. The third-order valence-electron chi connectivity index (χ3n) is 2.54. The summed E-state index contributed by atoms with van der Waals surface area (Å²) in [7, 11) is 0. The first-order valence-electron chi connectivity index (χ1n) is 5.39. The van der Waals surface area contributed by atoms with Gasteiger partial charge in [0.25, 0.3) is 0 Å². The maximum atomic E-state index is 13.5. The van der Waals surface area contributed by atoms with Crippen LogP contribution in [0.3, 0.4) is 0 Å². The number of hydrogen-bond acceptors (Lipinski definition) is 3. The normalized spacial score (nSPS) is 18.8. The quantitative estimate of drug-likeness (QED) is 0.458. The summed E-state index contributed by atoms with van der Waals surface area (Å²) in [6.45, 7) is 0.989. The van der Waals surface area contributed by atoms with E-state index < -0.39 is 5.82 Å². The molecule has 5 nitrogen and oxygen atoms in total. The van der Waals surface area contributed by atoms with Gasteiger partial charge in [-0.1, -0.05) is 11.2 Å². The number of rotatable bonds is 4. The van der Waals surface area contributed by atoms with Gasteiger partial charge in [-0.05, 0) is 30.5 Å². The lowest BCUT2D eigenvalue weighted by atomic mass is 10.2. The van der Waals surface area contributed by atoms with Crippen LogP contribution in [0.1, 0.15) is 12.8 Å². The van der Waals surface area contributed by atoms with E-state index in [0.29, 0.717) is 6.61 Å². The van der Waals surface area contributed by atoms with Gasteiger partial charge in [0.1, 0.15) is 6.61 Å². The van der Waals surface area contributed by atoms with Crippen LogP contribution >= 0.6 is 0 Å². The summed E-state index contributed by atoms with van der Waals surface area (Å²) in [5, 5.41) is 3.39. The highest BCUT2D eigenvalue weighted by atomic mass is 19.1. The summed E-state index contributed by atoms with van der Waals surface area (Å²) in [5.41, 5.74) is 8.53. The van der Waals surface area contributed by atoms with Crippen LogP contribution in [0, 0.1) is 5.82 Å². The molecule has 0 spiro atoms. The molecule has 6 heteroatoms. The Morgan fingerprint density at radius 2 is 2.47 bits per heavy atom. The zero-order chi connectivity index (χ0) is 12.1. The summed E-state index contributed by atoms with van der Waals surface area (Å²) in [6, 6.07) is 4.24. The number of para-hydroxylation sites is 1. The minimum atomic E-state index is -0.534. The lowest BCUT2D eigenvalue weighted by molar-refractivity contribution is 0.0668. The molecule has 17 heavy (non-hydrogen) atoms. The van der Waals surface area contributed by atoms with Gasteiger partial charge in [0.05, 0.1) is 11.8 Å². The van der Waals surface area contributed by atoms with Crippen molar-refractivity contribution < 1.29 is 13.9 Å². The SMILES string of the molecule is [N-]=[N+]=Nc1cccc(F)c1OCC1CCCO1. The standard InChI is InChI=1S/C11H12FN3O2/c12-9-4-1-5-10(14-15-13)11(9)17-7-8-3-2-6-16-8/h1,4-5,8H,2-3,6-7H2. The molecule has 1 heterocycles. The van der Waals surface area contributed by atoms with Crippen molar-refractivity contribution in [1.29, 1.82) is 0 Å². The Morgan fingerprint density at radius 1 is 1.59 bits per heavy atom. The zero-order valence-corrected chi connectivity index (χ0v) is 9.17. The fourth-order valence-corrected chi connectivity index (χ4v) is 1.72. The molecule has 0 radical (unpaired) electrons. The molecule has 0 aromatic heterocycles. The van der Waals surface area contributed by atoms with Gasteiger partial charge in [0.2, 0.25) is 0 Å². The second-order valence-corrected chi connectivity index (χ2v) is 3.72. The van der Waals surface area contributed by atoms with Crippen LogP contribution in [0.25, 0.3) is 10.4 Å². The highest BCUT2D eigenvalue weighted by molar-refractivity contribution is 5.52. The zero-order valence-electron chi connectivity index (χ0n) is 9.17. The molecule has 1 atom stereocenters. The number of azide groups is 1. The highest BCUT2D eigenvalue weighted by Gasteiger charge is 2.17. The Bertz CT molecular complexity index is 440. The van der Waals surface area contributed by atoms with E-state index >= 15 is 0 Å². The molecule has 2 rings (SSSR count). The van der Waals surface area contributed by atoms with Crippen molar-refractivity contribution in [1.82, 2.24) is 0 Å². The van der Waals surface area contributed by atoms with Crippen molar-refractivity contribution in [3.63, 3.8) is 0 Å². The van der Waals surface area contributed by atoms with Crippen LogP contribution in [-0.2, 0) is 4.74 Å². The molecule has 1 fully saturated rings. The van der Waals surface area contributed by atoms with Gasteiger partial charge in [-0.15, -0.1) is 0 Å². The molecular formula is C11H12FN3O2. The second kappa shape index (κ2) is 5.52. The summed E-state index contributed by atoms with van der Waals surface area (Å²) in [6.07, 6.45) is 1.90. The molecule has 1 aromatic rings. The van der Waals surface area contributed by atoms with Gasteiger partial charge in [0.15, 0.2) is 11.6 Å². The minimum absolute atomic E-state index is 0.00600. The smallest absolute Gasteiger partial charge is 0.165 e.